The number of aromatic hydroxyl groups is 1. The Hall–Kier alpha value is -1.60. The topological polar surface area (TPSA) is 95.5 Å². The predicted molar refractivity (Wildman–Crippen MR) is 58.2 cm³/mol. The molecule has 1 rings (SSSR count). The monoisotopic (exact) mass is 244 g/mol. The van der Waals surface area contributed by atoms with Gasteiger partial charge in [-0.25, -0.2) is 8.42 Å². The van der Waals surface area contributed by atoms with Crippen LogP contribution in [0.4, 0.5) is 0 Å². The molecule has 3 N–H and O–H groups in total. The summed E-state index contributed by atoms with van der Waals surface area (Å²) < 4.78 is 22.0. The van der Waals surface area contributed by atoms with Crippen molar-refractivity contribution in [2.24, 2.45) is 0 Å². The maximum absolute atomic E-state index is 11.4. The van der Waals surface area contributed by atoms with E-state index >= 15 is 0 Å². The zero-order valence-electron chi connectivity index (χ0n) is 8.60. The van der Waals surface area contributed by atoms with Crippen molar-refractivity contribution in [1.82, 2.24) is 10.3 Å². The fourth-order valence-electron chi connectivity index (χ4n) is 0.881. The molecule has 0 spiro atoms. The zero-order chi connectivity index (χ0) is 12.2. The van der Waals surface area contributed by atoms with Gasteiger partial charge in [0, 0.05) is 5.56 Å². The number of sulfonamides is 1. The van der Waals surface area contributed by atoms with Crippen LogP contribution < -0.4 is 10.3 Å². The SMILES string of the molecule is CCS(=O)(=O)NNC(=O)c1ccc(O)cc1. The van der Waals surface area contributed by atoms with Gasteiger partial charge >= 0.3 is 0 Å². The molecule has 0 atom stereocenters. The molecule has 88 valence electrons. The van der Waals surface area contributed by atoms with Crippen molar-refractivity contribution in [3.63, 3.8) is 0 Å². The smallest absolute Gasteiger partial charge is 0.266 e. The number of hydrazine groups is 1. The molecule has 0 bridgehead atoms. The third-order valence-electron chi connectivity index (χ3n) is 1.83. The van der Waals surface area contributed by atoms with Gasteiger partial charge in [-0.1, -0.05) is 0 Å². The maximum atomic E-state index is 11.4. The van der Waals surface area contributed by atoms with Gasteiger partial charge in [-0.3, -0.25) is 10.2 Å². The van der Waals surface area contributed by atoms with E-state index in [9.17, 15) is 13.2 Å². The minimum atomic E-state index is -3.46. The summed E-state index contributed by atoms with van der Waals surface area (Å²) in [6, 6.07) is 5.43. The Balaban J connectivity index is 2.63. The summed E-state index contributed by atoms with van der Waals surface area (Å²) in [6.07, 6.45) is 0. The third kappa shape index (κ3) is 3.52. The summed E-state index contributed by atoms with van der Waals surface area (Å²) in [5.41, 5.74) is 2.30. The second kappa shape index (κ2) is 4.95. The molecular weight excluding hydrogens is 232 g/mol. The van der Waals surface area contributed by atoms with Crippen LogP contribution in [-0.4, -0.2) is 25.2 Å². The minimum Gasteiger partial charge on any atom is -0.508 e. The first kappa shape index (κ1) is 12.5. The van der Waals surface area contributed by atoms with Crippen LogP contribution in [0.1, 0.15) is 17.3 Å². The molecule has 0 aliphatic carbocycles. The van der Waals surface area contributed by atoms with E-state index in [2.05, 4.69) is 5.43 Å². The van der Waals surface area contributed by atoms with E-state index in [-0.39, 0.29) is 17.1 Å². The summed E-state index contributed by atoms with van der Waals surface area (Å²) in [6.45, 7) is 1.45. The maximum Gasteiger partial charge on any atom is 0.266 e. The Bertz CT molecular complexity index is 467. The van der Waals surface area contributed by atoms with E-state index in [1.165, 1.54) is 31.2 Å². The van der Waals surface area contributed by atoms with Crippen molar-refractivity contribution in [2.75, 3.05) is 5.75 Å². The zero-order valence-corrected chi connectivity index (χ0v) is 9.41. The second-order valence-electron chi connectivity index (χ2n) is 3.01. The largest absolute Gasteiger partial charge is 0.508 e. The Morgan fingerprint density at radius 2 is 1.88 bits per heavy atom. The van der Waals surface area contributed by atoms with Gasteiger partial charge < -0.3 is 5.11 Å². The quantitative estimate of drug-likeness (QED) is 0.648. The molecule has 1 aromatic rings. The fraction of sp³-hybridized carbons (Fsp3) is 0.222. The summed E-state index contributed by atoms with van der Waals surface area (Å²) >= 11 is 0. The minimum absolute atomic E-state index is 0.0330. The second-order valence-corrected chi connectivity index (χ2v) is 5.02. The summed E-state index contributed by atoms with van der Waals surface area (Å²) in [5, 5.41) is 8.99. The first-order valence-corrected chi connectivity index (χ1v) is 6.18. The molecule has 7 heteroatoms. The number of hydrogen-bond donors (Lipinski definition) is 3. The lowest BCUT2D eigenvalue weighted by Crippen LogP contribution is -2.42. The van der Waals surface area contributed by atoms with Crippen LogP contribution in [0.25, 0.3) is 0 Å². The van der Waals surface area contributed by atoms with Gasteiger partial charge in [-0.2, -0.15) is 0 Å². The van der Waals surface area contributed by atoms with Crippen molar-refractivity contribution in [3.05, 3.63) is 29.8 Å². The summed E-state index contributed by atoms with van der Waals surface area (Å²) in [5.74, 6) is -0.675. The van der Waals surface area contributed by atoms with E-state index in [0.717, 1.165) is 0 Å². The number of amides is 1. The number of phenols is 1. The van der Waals surface area contributed by atoms with E-state index in [4.69, 9.17) is 5.11 Å². The van der Waals surface area contributed by atoms with E-state index in [0.29, 0.717) is 0 Å². The van der Waals surface area contributed by atoms with Crippen molar-refractivity contribution in [2.45, 2.75) is 6.92 Å². The lowest BCUT2D eigenvalue weighted by atomic mass is 10.2. The van der Waals surface area contributed by atoms with Crippen molar-refractivity contribution in [3.8, 4) is 5.75 Å². The molecular formula is C9H12N2O4S. The third-order valence-corrected chi connectivity index (χ3v) is 3.00. The van der Waals surface area contributed by atoms with Gasteiger partial charge in [0.1, 0.15) is 5.75 Å². The number of rotatable bonds is 4. The normalized spacial score (nSPS) is 11.1. The number of phenolic OH excluding ortho intramolecular Hbond substituents is 1. The molecule has 1 aromatic carbocycles. The highest BCUT2D eigenvalue weighted by molar-refractivity contribution is 7.89. The molecule has 0 aromatic heterocycles. The van der Waals surface area contributed by atoms with Gasteiger partial charge in [0.05, 0.1) is 5.75 Å². The number of hydrogen-bond acceptors (Lipinski definition) is 4. The highest BCUT2D eigenvalue weighted by Gasteiger charge is 2.09. The van der Waals surface area contributed by atoms with E-state index < -0.39 is 15.9 Å². The van der Waals surface area contributed by atoms with Gasteiger partial charge in [-0.05, 0) is 31.2 Å². The average molecular weight is 244 g/mol. The van der Waals surface area contributed by atoms with Crippen LogP contribution in [0.3, 0.4) is 0 Å². The first-order valence-electron chi connectivity index (χ1n) is 4.53. The lowest BCUT2D eigenvalue weighted by Gasteiger charge is -2.06. The van der Waals surface area contributed by atoms with Crippen LogP contribution in [0.5, 0.6) is 5.75 Å². The van der Waals surface area contributed by atoms with Crippen LogP contribution in [0, 0.1) is 0 Å². The molecule has 0 heterocycles. The van der Waals surface area contributed by atoms with E-state index in [1.54, 1.807) is 0 Å². The number of carbonyl (C=O) groups excluding carboxylic acids is 1. The standard InChI is InChI=1S/C9H12N2O4S/c1-2-16(14,15)11-10-9(13)7-3-5-8(12)6-4-7/h3-6,11-12H,2H2,1H3,(H,10,13). The predicted octanol–water partition coefficient (Wildman–Crippen LogP) is -0.0237. The molecule has 0 saturated heterocycles. The number of benzene rings is 1. The molecule has 0 aliphatic heterocycles. The average Bonchev–Trinajstić information content (AvgIpc) is 2.27. The lowest BCUT2D eigenvalue weighted by molar-refractivity contribution is 0.0945. The summed E-state index contributed by atoms with van der Waals surface area (Å²) in [4.78, 5) is 13.3. The van der Waals surface area contributed by atoms with Gasteiger partial charge in [0.2, 0.25) is 10.0 Å². The highest BCUT2D eigenvalue weighted by Crippen LogP contribution is 2.08. The van der Waals surface area contributed by atoms with Gasteiger partial charge in [-0.15, -0.1) is 4.83 Å². The van der Waals surface area contributed by atoms with Crippen LogP contribution in [0.15, 0.2) is 24.3 Å². The van der Waals surface area contributed by atoms with Gasteiger partial charge in [0.15, 0.2) is 0 Å². The first-order chi connectivity index (χ1) is 7.44. The Labute approximate surface area is 93.3 Å². The molecule has 0 aliphatic rings. The Morgan fingerprint density at radius 3 is 2.38 bits per heavy atom. The number of nitrogens with one attached hydrogen (secondary N) is 2. The molecule has 16 heavy (non-hydrogen) atoms. The molecule has 0 radical (unpaired) electrons. The van der Waals surface area contributed by atoms with Gasteiger partial charge in [0.25, 0.3) is 5.91 Å². The summed E-state index contributed by atoms with van der Waals surface area (Å²) in [7, 11) is -3.46. The van der Waals surface area contributed by atoms with Crippen LogP contribution in [0.2, 0.25) is 0 Å². The Kier molecular flexibility index (Phi) is 3.86. The van der Waals surface area contributed by atoms with Crippen molar-refractivity contribution >= 4 is 15.9 Å². The molecule has 6 nitrogen and oxygen atoms in total. The van der Waals surface area contributed by atoms with Crippen LogP contribution >= 0.6 is 0 Å². The van der Waals surface area contributed by atoms with Crippen molar-refractivity contribution in [1.29, 1.82) is 0 Å². The molecule has 0 saturated carbocycles. The number of carbonyl (C=O) groups is 1. The molecule has 1 amide bonds. The van der Waals surface area contributed by atoms with E-state index in [1.807, 2.05) is 4.83 Å². The molecule has 0 fully saturated rings. The van der Waals surface area contributed by atoms with Crippen LogP contribution in [-0.2, 0) is 10.0 Å². The van der Waals surface area contributed by atoms with Crippen molar-refractivity contribution < 1.29 is 18.3 Å². The fourth-order valence-corrected chi connectivity index (χ4v) is 1.27. The Morgan fingerprint density at radius 1 is 1.31 bits per heavy atom. The highest BCUT2D eigenvalue weighted by atomic mass is 32.2. The molecule has 0 unspecified atom stereocenters.